The van der Waals surface area contributed by atoms with Gasteiger partial charge in [0.2, 0.25) is 0 Å². The molecule has 7 rings (SSSR count). The van der Waals surface area contributed by atoms with E-state index in [-0.39, 0.29) is 30.2 Å². The van der Waals surface area contributed by atoms with Crippen molar-refractivity contribution in [3.8, 4) is 6.07 Å². The van der Waals surface area contributed by atoms with Gasteiger partial charge in [-0.05, 0) is 68.8 Å². The Morgan fingerprint density at radius 2 is 1.98 bits per heavy atom. The first-order chi connectivity index (χ1) is 20.6. The van der Waals surface area contributed by atoms with Crippen LogP contribution in [0.15, 0.2) is 36.7 Å². The number of anilines is 1. The van der Waals surface area contributed by atoms with Gasteiger partial charge < -0.3 is 9.47 Å². The number of alkyl halides is 3. The zero-order chi connectivity index (χ0) is 29.9. The predicted molar refractivity (Wildman–Crippen MR) is 152 cm³/mol. The number of pyridine rings is 1. The summed E-state index contributed by atoms with van der Waals surface area (Å²) < 4.78 is 42.2. The number of hydrogen-bond donors (Lipinski definition) is 0. The molecule has 2 aliphatic carbocycles. The van der Waals surface area contributed by atoms with Gasteiger partial charge in [0.05, 0.1) is 24.2 Å². The minimum atomic E-state index is -4.20. The minimum absolute atomic E-state index is 0.0218. The third-order valence-corrected chi connectivity index (χ3v) is 9.85. The Hall–Kier alpha value is -3.78. The lowest BCUT2D eigenvalue weighted by atomic mass is 9.57. The van der Waals surface area contributed by atoms with E-state index in [0.717, 1.165) is 54.0 Å². The van der Waals surface area contributed by atoms with E-state index in [0.29, 0.717) is 49.7 Å². The molecule has 2 aromatic heterocycles. The smallest absolute Gasteiger partial charge is 0.321 e. The van der Waals surface area contributed by atoms with Gasteiger partial charge in [0, 0.05) is 66.3 Å². The molecule has 224 valence electrons. The lowest BCUT2D eigenvalue weighted by Crippen LogP contribution is -2.43. The highest BCUT2D eigenvalue weighted by molar-refractivity contribution is 6.10. The second kappa shape index (κ2) is 10.4. The Balaban J connectivity index is 1.16. The quantitative estimate of drug-likeness (QED) is 0.365. The molecule has 0 N–H and O–H groups in total. The van der Waals surface area contributed by atoms with Crippen molar-refractivity contribution in [2.24, 2.45) is 18.9 Å². The van der Waals surface area contributed by atoms with Crippen LogP contribution >= 0.6 is 0 Å². The summed E-state index contributed by atoms with van der Waals surface area (Å²) in [5.41, 5.74) is 4.77. The molecule has 1 saturated heterocycles. The van der Waals surface area contributed by atoms with E-state index in [4.69, 9.17) is 4.98 Å². The summed E-state index contributed by atoms with van der Waals surface area (Å²) in [7, 11) is 1.92. The molecule has 11 heteroatoms. The minimum Gasteiger partial charge on any atom is -0.321 e. The Kier molecular flexibility index (Phi) is 6.80. The molecule has 3 fully saturated rings. The van der Waals surface area contributed by atoms with Crippen molar-refractivity contribution in [3.63, 3.8) is 0 Å². The summed E-state index contributed by atoms with van der Waals surface area (Å²) in [6, 6.07) is 12.3. The van der Waals surface area contributed by atoms with Crippen LogP contribution in [-0.2, 0) is 32.0 Å². The number of hydrogen-bond acceptors (Lipinski definition) is 6. The Morgan fingerprint density at radius 3 is 2.67 bits per heavy atom. The fourth-order valence-electron chi connectivity index (χ4n) is 7.29. The maximum absolute atomic E-state index is 13.9. The van der Waals surface area contributed by atoms with Gasteiger partial charge in [-0.25, -0.2) is 0 Å². The van der Waals surface area contributed by atoms with Crippen molar-refractivity contribution >= 4 is 11.6 Å². The number of amides is 1. The van der Waals surface area contributed by atoms with Gasteiger partial charge >= 0.3 is 6.18 Å². The van der Waals surface area contributed by atoms with Crippen molar-refractivity contribution in [2.45, 2.75) is 75.5 Å². The Bertz CT molecular complexity index is 1600. The van der Waals surface area contributed by atoms with Crippen LogP contribution in [0, 0.1) is 23.2 Å². The van der Waals surface area contributed by atoms with Crippen LogP contribution in [0.1, 0.15) is 83.1 Å². The molecule has 0 spiro atoms. The summed E-state index contributed by atoms with van der Waals surface area (Å²) in [6.45, 7) is 1.30. The number of nitriles is 1. The first-order valence-corrected chi connectivity index (χ1v) is 15.1. The zero-order valence-corrected chi connectivity index (χ0v) is 24.1. The fourth-order valence-corrected chi connectivity index (χ4v) is 7.29. The van der Waals surface area contributed by atoms with E-state index in [1.54, 1.807) is 11.2 Å². The van der Waals surface area contributed by atoms with Crippen molar-refractivity contribution in [1.82, 2.24) is 24.6 Å². The molecule has 2 saturated carbocycles. The number of aromatic nitrogens is 4. The number of aryl methyl sites for hydroxylation is 1. The van der Waals surface area contributed by atoms with Gasteiger partial charge in [-0.2, -0.15) is 18.4 Å². The summed E-state index contributed by atoms with van der Waals surface area (Å²) in [5.74, 6) is -0.292. The molecular weight excluding hydrogens is 555 g/mol. The highest BCUT2D eigenvalue weighted by Gasteiger charge is 2.47. The third kappa shape index (κ3) is 5.20. The molecular formula is C32H34F3N7O. The third-order valence-electron chi connectivity index (χ3n) is 9.85. The van der Waals surface area contributed by atoms with Crippen molar-refractivity contribution < 1.29 is 18.0 Å². The predicted octanol–water partition coefficient (Wildman–Crippen LogP) is 5.44. The molecule has 0 unspecified atom stereocenters. The average Bonchev–Trinajstić information content (AvgIpc) is 3.66. The summed E-state index contributed by atoms with van der Waals surface area (Å²) in [4.78, 5) is 22.5. The van der Waals surface area contributed by atoms with Crippen molar-refractivity contribution in [2.75, 3.05) is 18.0 Å². The van der Waals surface area contributed by atoms with E-state index in [2.05, 4.69) is 28.4 Å². The molecule has 0 bridgehead atoms. The van der Waals surface area contributed by atoms with E-state index >= 15 is 0 Å². The number of carbonyl (C=O) groups excluding carboxylic acids is 1. The maximum Gasteiger partial charge on any atom is 0.393 e. The molecule has 1 aromatic carbocycles. The standard InChI is InChI=1S/C32H34F3N7O/c1-40-19-37-39-28(40)14-31(12-20(13-31)15-36)22-4-2-6-25(10-22)42-18-27-26(30(42)43)11-24(38-29(27)21-7-8-21)17-41-9-3-5-23(16-41)32(33,34)35/h2,4,6,10-11,19-21,23H,3,5,7-9,12-14,16-18H2,1H3/t20-,23-,31-/m0/s1. The molecule has 1 atom stereocenters. The lowest BCUT2D eigenvalue weighted by Gasteiger charge is -2.45. The summed E-state index contributed by atoms with van der Waals surface area (Å²) in [6.07, 6.45) is 2.26. The Morgan fingerprint density at radius 1 is 1.16 bits per heavy atom. The van der Waals surface area contributed by atoms with Crippen molar-refractivity contribution in [3.05, 3.63) is 70.6 Å². The monoisotopic (exact) mass is 589 g/mol. The van der Waals surface area contributed by atoms with E-state index in [9.17, 15) is 23.2 Å². The molecule has 4 aliphatic rings. The van der Waals surface area contributed by atoms with E-state index in [1.165, 1.54) is 0 Å². The van der Waals surface area contributed by atoms with E-state index in [1.807, 2.05) is 34.7 Å². The van der Waals surface area contributed by atoms with E-state index < -0.39 is 12.1 Å². The number of benzene rings is 1. The number of likely N-dealkylation sites (tertiary alicyclic amines) is 1. The molecule has 1 amide bonds. The first-order valence-electron chi connectivity index (χ1n) is 15.1. The summed E-state index contributed by atoms with van der Waals surface area (Å²) >= 11 is 0. The van der Waals surface area contributed by atoms with Gasteiger partial charge in [0.1, 0.15) is 12.2 Å². The van der Waals surface area contributed by atoms with Gasteiger partial charge in [-0.1, -0.05) is 12.1 Å². The number of carbonyl (C=O) groups is 1. The highest BCUT2D eigenvalue weighted by Crippen LogP contribution is 2.51. The van der Waals surface area contributed by atoms with Gasteiger partial charge in [0.15, 0.2) is 0 Å². The number of fused-ring (bicyclic) bond motifs is 1. The lowest BCUT2D eigenvalue weighted by molar-refractivity contribution is -0.187. The summed E-state index contributed by atoms with van der Waals surface area (Å²) in [5, 5.41) is 17.9. The molecule has 43 heavy (non-hydrogen) atoms. The molecule has 0 radical (unpaired) electrons. The van der Waals surface area contributed by atoms with Gasteiger partial charge in [-0.15, -0.1) is 10.2 Å². The second-order valence-corrected chi connectivity index (χ2v) is 12.9. The second-order valence-electron chi connectivity index (χ2n) is 12.9. The molecule has 8 nitrogen and oxygen atoms in total. The van der Waals surface area contributed by atoms with Crippen LogP contribution < -0.4 is 4.90 Å². The first kappa shape index (κ1) is 28.0. The largest absolute Gasteiger partial charge is 0.393 e. The fraction of sp³-hybridized carbons (Fsp3) is 0.531. The van der Waals surface area contributed by atoms with Crippen LogP contribution in [0.3, 0.4) is 0 Å². The number of piperidine rings is 1. The van der Waals surface area contributed by atoms with Gasteiger partial charge in [-0.3, -0.25) is 14.7 Å². The normalized spacial score (nSPS) is 25.8. The van der Waals surface area contributed by atoms with Crippen LogP contribution in [0.25, 0.3) is 0 Å². The highest BCUT2D eigenvalue weighted by atomic mass is 19.4. The number of nitrogens with zero attached hydrogens (tertiary/aromatic N) is 7. The van der Waals surface area contributed by atoms with Crippen LogP contribution in [0.4, 0.5) is 18.9 Å². The number of rotatable bonds is 7. The SMILES string of the molecule is Cn1cnnc1C[C@]1(c2cccc(N3Cc4c(cc(CN5CCC[C@H](C(F)(F)F)C5)nc4C4CC4)C3=O)c2)C[C@H](C#N)C1. The topological polar surface area (TPSA) is 90.9 Å². The molecule has 4 heterocycles. The number of halogens is 3. The Labute approximate surface area is 248 Å². The maximum atomic E-state index is 13.9. The van der Waals surface area contributed by atoms with Crippen LogP contribution in [-0.4, -0.2) is 49.8 Å². The molecule has 3 aromatic rings. The average molecular weight is 590 g/mol. The van der Waals surface area contributed by atoms with Crippen LogP contribution in [0.5, 0.6) is 0 Å². The molecule has 2 aliphatic heterocycles. The zero-order valence-electron chi connectivity index (χ0n) is 24.1. The van der Waals surface area contributed by atoms with Crippen molar-refractivity contribution in [1.29, 1.82) is 5.26 Å². The van der Waals surface area contributed by atoms with Crippen LogP contribution in [0.2, 0.25) is 0 Å². The van der Waals surface area contributed by atoms with Gasteiger partial charge in [0.25, 0.3) is 5.91 Å².